The highest BCUT2D eigenvalue weighted by Gasteiger charge is 2.30. The van der Waals surface area contributed by atoms with Crippen LogP contribution in [0.25, 0.3) is 0 Å². The minimum atomic E-state index is -0.364. The van der Waals surface area contributed by atoms with E-state index in [9.17, 15) is 4.79 Å². The van der Waals surface area contributed by atoms with Crippen molar-refractivity contribution >= 4 is 17.3 Å². The molecule has 7 heteroatoms. The third-order valence-corrected chi connectivity index (χ3v) is 3.94. The zero-order valence-corrected chi connectivity index (χ0v) is 11.7. The molecule has 6 nitrogen and oxygen atoms in total. The average molecular weight is 287 g/mol. The second-order valence-electron chi connectivity index (χ2n) is 4.93. The molecule has 1 fully saturated rings. The molecule has 2 atom stereocenters. The fourth-order valence-electron chi connectivity index (χ4n) is 2.56. The van der Waals surface area contributed by atoms with Crippen molar-refractivity contribution in [3.63, 3.8) is 0 Å². The predicted octanol–water partition coefficient (Wildman–Crippen LogP) is 0.0625. The van der Waals surface area contributed by atoms with Crippen molar-refractivity contribution in [2.75, 3.05) is 24.6 Å². The van der Waals surface area contributed by atoms with Crippen LogP contribution in [0.1, 0.15) is 13.3 Å². The maximum atomic E-state index is 12.0. The lowest BCUT2D eigenvalue weighted by atomic mass is 10.1. The molecular weight excluding hydrogens is 268 g/mol. The Balaban J connectivity index is 2.31. The van der Waals surface area contributed by atoms with Gasteiger partial charge in [-0.15, -0.1) is 0 Å². The molecule has 0 aliphatic carbocycles. The van der Waals surface area contributed by atoms with Crippen molar-refractivity contribution in [2.24, 2.45) is 11.7 Å². The minimum absolute atomic E-state index is 0.141. The Kier molecular flexibility index (Phi) is 4.44. The highest BCUT2D eigenvalue weighted by atomic mass is 35.5. The van der Waals surface area contributed by atoms with E-state index in [1.165, 1.54) is 4.68 Å². The molecule has 1 aliphatic rings. The van der Waals surface area contributed by atoms with Gasteiger partial charge in [0, 0.05) is 12.6 Å². The van der Waals surface area contributed by atoms with Crippen molar-refractivity contribution in [2.45, 2.75) is 25.9 Å². The summed E-state index contributed by atoms with van der Waals surface area (Å²) >= 11 is 6.14. The zero-order chi connectivity index (χ0) is 14.0. The number of aliphatic hydroxyl groups is 1. The Hall–Kier alpha value is -1.11. The molecule has 1 aliphatic heterocycles. The van der Waals surface area contributed by atoms with Crippen molar-refractivity contribution in [3.05, 3.63) is 21.6 Å². The van der Waals surface area contributed by atoms with Crippen molar-refractivity contribution in [3.8, 4) is 0 Å². The summed E-state index contributed by atoms with van der Waals surface area (Å²) in [4.78, 5) is 14.1. The van der Waals surface area contributed by atoms with Crippen LogP contribution in [0, 0.1) is 5.92 Å². The SMILES string of the molecule is CC1CC(CN)CN1c1cnn(CCO)c(=O)c1Cl. The molecule has 0 bridgehead atoms. The monoisotopic (exact) mass is 286 g/mol. The summed E-state index contributed by atoms with van der Waals surface area (Å²) < 4.78 is 1.17. The molecule has 1 aromatic heterocycles. The zero-order valence-electron chi connectivity index (χ0n) is 10.9. The summed E-state index contributed by atoms with van der Waals surface area (Å²) in [6.45, 7) is 3.53. The molecule has 0 amide bonds. The van der Waals surface area contributed by atoms with Crippen LogP contribution in [0.5, 0.6) is 0 Å². The third kappa shape index (κ3) is 2.75. The summed E-state index contributed by atoms with van der Waals surface area (Å²) in [5, 5.41) is 13.1. The largest absolute Gasteiger partial charge is 0.394 e. The van der Waals surface area contributed by atoms with Gasteiger partial charge in [-0.2, -0.15) is 5.10 Å². The maximum Gasteiger partial charge on any atom is 0.287 e. The summed E-state index contributed by atoms with van der Waals surface area (Å²) in [5.41, 5.74) is 5.99. The van der Waals surface area contributed by atoms with Gasteiger partial charge < -0.3 is 15.7 Å². The third-order valence-electron chi connectivity index (χ3n) is 3.58. The van der Waals surface area contributed by atoms with Crippen LogP contribution in [0.4, 0.5) is 5.69 Å². The van der Waals surface area contributed by atoms with E-state index in [1.54, 1.807) is 6.20 Å². The number of rotatable bonds is 4. The summed E-state index contributed by atoms with van der Waals surface area (Å²) in [6, 6.07) is 0.293. The van der Waals surface area contributed by atoms with Crippen LogP contribution < -0.4 is 16.2 Å². The molecule has 0 aromatic carbocycles. The van der Waals surface area contributed by atoms with Gasteiger partial charge in [-0.05, 0) is 25.8 Å². The van der Waals surface area contributed by atoms with Gasteiger partial charge >= 0.3 is 0 Å². The number of aromatic nitrogens is 2. The van der Waals surface area contributed by atoms with Gasteiger partial charge in [0.1, 0.15) is 5.02 Å². The number of halogens is 1. The Bertz CT molecular complexity index is 505. The first kappa shape index (κ1) is 14.3. The van der Waals surface area contributed by atoms with Crippen LogP contribution in [-0.2, 0) is 6.54 Å². The minimum Gasteiger partial charge on any atom is -0.394 e. The first-order valence-electron chi connectivity index (χ1n) is 6.41. The van der Waals surface area contributed by atoms with E-state index in [-0.39, 0.29) is 23.7 Å². The van der Waals surface area contributed by atoms with E-state index < -0.39 is 0 Å². The average Bonchev–Trinajstić information content (AvgIpc) is 2.77. The summed E-state index contributed by atoms with van der Waals surface area (Å²) in [6.07, 6.45) is 2.58. The number of hydrogen-bond acceptors (Lipinski definition) is 5. The van der Waals surface area contributed by atoms with Gasteiger partial charge in [-0.3, -0.25) is 4.79 Å². The lowest BCUT2D eigenvalue weighted by Gasteiger charge is -2.24. The van der Waals surface area contributed by atoms with Gasteiger partial charge in [-0.1, -0.05) is 11.6 Å². The predicted molar refractivity (Wildman–Crippen MR) is 74.6 cm³/mol. The number of hydrogen-bond donors (Lipinski definition) is 2. The highest BCUT2D eigenvalue weighted by molar-refractivity contribution is 6.33. The first-order valence-corrected chi connectivity index (χ1v) is 6.79. The van der Waals surface area contributed by atoms with Gasteiger partial charge in [0.2, 0.25) is 0 Å². The van der Waals surface area contributed by atoms with E-state index in [1.807, 2.05) is 0 Å². The van der Waals surface area contributed by atoms with Gasteiger partial charge in [0.25, 0.3) is 5.56 Å². The standard InChI is InChI=1S/C12H19ClN4O2/c1-8-4-9(5-14)7-16(8)10-6-15-17(2-3-18)12(19)11(10)13/h6,8-9,18H,2-5,7,14H2,1H3. The van der Waals surface area contributed by atoms with E-state index >= 15 is 0 Å². The maximum absolute atomic E-state index is 12.0. The molecule has 1 saturated heterocycles. The molecule has 2 rings (SSSR count). The van der Waals surface area contributed by atoms with E-state index in [2.05, 4.69) is 16.9 Å². The van der Waals surface area contributed by atoms with E-state index in [0.29, 0.717) is 24.2 Å². The van der Waals surface area contributed by atoms with Gasteiger partial charge in [0.15, 0.2) is 0 Å². The smallest absolute Gasteiger partial charge is 0.287 e. The van der Waals surface area contributed by atoms with Gasteiger partial charge in [-0.25, -0.2) is 4.68 Å². The fourth-order valence-corrected chi connectivity index (χ4v) is 2.81. The molecule has 0 saturated carbocycles. The molecule has 106 valence electrons. The first-order chi connectivity index (χ1) is 9.08. The second-order valence-corrected chi connectivity index (χ2v) is 5.31. The van der Waals surface area contributed by atoms with Crippen LogP contribution in [0.15, 0.2) is 11.0 Å². The molecule has 0 radical (unpaired) electrons. The Morgan fingerprint density at radius 3 is 2.95 bits per heavy atom. The van der Waals surface area contributed by atoms with Crippen LogP contribution in [0.2, 0.25) is 5.02 Å². The van der Waals surface area contributed by atoms with Crippen molar-refractivity contribution < 1.29 is 5.11 Å². The molecule has 2 unspecified atom stereocenters. The van der Waals surface area contributed by atoms with Gasteiger partial charge in [0.05, 0.1) is 25.0 Å². The molecule has 2 heterocycles. The van der Waals surface area contributed by atoms with Crippen molar-refractivity contribution in [1.82, 2.24) is 9.78 Å². The lowest BCUT2D eigenvalue weighted by molar-refractivity contribution is 0.266. The van der Waals surface area contributed by atoms with E-state index in [0.717, 1.165) is 13.0 Å². The molecule has 1 aromatic rings. The quantitative estimate of drug-likeness (QED) is 0.818. The summed E-state index contributed by atoms with van der Waals surface area (Å²) in [5.74, 6) is 0.422. The lowest BCUT2D eigenvalue weighted by Crippen LogP contribution is -2.32. The fraction of sp³-hybridized carbons (Fsp3) is 0.667. The number of nitrogens with zero attached hydrogens (tertiary/aromatic N) is 3. The Labute approximate surface area is 116 Å². The topological polar surface area (TPSA) is 84.4 Å². The number of nitrogens with two attached hydrogens (primary N) is 1. The normalized spacial score (nSPS) is 23.1. The van der Waals surface area contributed by atoms with Crippen LogP contribution in [0.3, 0.4) is 0 Å². The highest BCUT2D eigenvalue weighted by Crippen LogP contribution is 2.31. The molecule has 0 spiro atoms. The van der Waals surface area contributed by atoms with Crippen LogP contribution >= 0.6 is 11.6 Å². The second kappa shape index (κ2) is 5.90. The molecular formula is C12H19ClN4O2. The number of anilines is 1. The number of aliphatic hydroxyl groups excluding tert-OH is 1. The molecule has 19 heavy (non-hydrogen) atoms. The molecule has 3 N–H and O–H groups in total. The Morgan fingerprint density at radius 2 is 2.37 bits per heavy atom. The summed E-state index contributed by atoms with van der Waals surface area (Å²) in [7, 11) is 0. The van der Waals surface area contributed by atoms with E-state index in [4.69, 9.17) is 22.4 Å². The van der Waals surface area contributed by atoms with Crippen LogP contribution in [-0.4, -0.2) is 40.6 Å². The van der Waals surface area contributed by atoms with Crippen molar-refractivity contribution in [1.29, 1.82) is 0 Å². The Morgan fingerprint density at radius 1 is 1.63 bits per heavy atom.